The van der Waals surface area contributed by atoms with Crippen LogP contribution in [-0.2, 0) is 19.1 Å². The highest BCUT2D eigenvalue weighted by molar-refractivity contribution is 5.80. The van der Waals surface area contributed by atoms with E-state index in [1.807, 2.05) is 11.8 Å². The third-order valence-electron chi connectivity index (χ3n) is 3.19. The molecule has 1 fully saturated rings. The molecule has 0 aliphatic carbocycles. The Kier molecular flexibility index (Phi) is 6.80. The van der Waals surface area contributed by atoms with Gasteiger partial charge < -0.3 is 14.8 Å². The third kappa shape index (κ3) is 4.18. The fourth-order valence-electron chi connectivity index (χ4n) is 2.33. The lowest BCUT2D eigenvalue weighted by Gasteiger charge is -2.38. The summed E-state index contributed by atoms with van der Waals surface area (Å²) in [6.45, 7) is 8.09. The van der Waals surface area contributed by atoms with Crippen molar-refractivity contribution in [3.63, 3.8) is 0 Å². The molecule has 0 aromatic carbocycles. The molecule has 1 aliphatic rings. The number of piperazine rings is 1. The van der Waals surface area contributed by atoms with Gasteiger partial charge in [-0.05, 0) is 20.3 Å². The molecule has 1 heterocycles. The first-order valence-corrected chi connectivity index (χ1v) is 6.95. The van der Waals surface area contributed by atoms with Gasteiger partial charge in [-0.3, -0.25) is 14.5 Å². The number of esters is 2. The number of ether oxygens (including phenoxy) is 2. The molecule has 1 aliphatic heterocycles. The Bertz CT molecular complexity index is 289. The summed E-state index contributed by atoms with van der Waals surface area (Å²) in [6, 6.07) is -0.792. The Morgan fingerprint density at radius 1 is 1.26 bits per heavy atom. The average Bonchev–Trinajstić information content (AvgIpc) is 2.41. The van der Waals surface area contributed by atoms with Gasteiger partial charge in [0.05, 0.1) is 13.2 Å². The maximum Gasteiger partial charge on any atom is 0.324 e. The molecule has 0 amide bonds. The van der Waals surface area contributed by atoms with Gasteiger partial charge in [0, 0.05) is 19.6 Å². The van der Waals surface area contributed by atoms with Crippen molar-refractivity contribution in [1.29, 1.82) is 0 Å². The van der Waals surface area contributed by atoms with Crippen molar-refractivity contribution in [2.75, 3.05) is 32.8 Å². The molecule has 0 radical (unpaired) electrons. The van der Waals surface area contributed by atoms with Gasteiger partial charge in [0.15, 0.2) is 0 Å². The number of hydrogen-bond acceptors (Lipinski definition) is 6. The number of carbonyl (C=O) groups excluding carboxylic acids is 2. The molecular formula is C13H24N2O4. The number of carbonyl (C=O) groups is 2. The van der Waals surface area contributed by atoms with Crippen LogP contribution in [0.3, 0.4) is 0 Å². The lowest BCUT2D eigenvalue weighted by molar-refractivity contribution is -0.158. The zero-order chi connectivity index (χ0) is 14.3. The zero-order valence-electron chi connectivity index (χ0n) is 12.0. The van der Waals surface area contributed by atoms with Gasteiger partial charge in [0.25, 0.3) is 0 Å². The highest BCUT2D eigenvalue weighted by Crippen LogP contribution is 2.14. The van der Waals surface area contributed by atoms with Crippen molar-refractivity contribution in [2.45, 2.75) is 39.3 Å². The molecule has 0 spiro atoms. The number of nitrogens with one attached hydrogen (secondary N) is 1. The maximum absolute atomic E-state index is 12.0. The smallest absolute Gasteiger partial charge is 0.324 e. The maximum atomic E-state index is 12.0. The topological polar surface area (TPSA) is 67.9 Å². The van der Waals surface area contributed by atoms with E-state index in [1.54, 1.807) is 13.8 Å². The summed E-state index contributed by atoms with van der Waals surface area (Å²) in [5.74, 6) is -0.543. The third-order valence-corrected chi connectivity index (χ3v) is 3.19. The Balaban J connectivity index is 2.78. The van der Waals surface area contributed by atoms with E-state index in [2.05, 4.69) is 5.32 Å². The first-order chi connectivity index (χ1) is 9.15. The average molecular weight is 272 g/mol. The minimum absolute atomic E-state index is 0.263. The minimum Gasteiger partial charge on any atom is -0.465 e. The molecule has 0 bridgehead atoms. The number of nitrogens with zero attached hydrogens (tertiary/aromatic N) is 1. The number of rotatable bonds is 6. The van der Waals surface area contributed by atoms with Crippen LogP contribution in [0.5, 0.6) is 0 Å². The fourth-order valence-corrected chi connectivity index (χ4v) is 2.33. The van der Waals surface area contributed by atoms with Crippen molar-refractivity contribution < 1.29 is 19.1 Å². The van der Waals surface area contributed by atoms with Crippen LogP contribution in [0.2, 0.25) is 0 Å². The van der Waals surface area contributed by atoms with E-state index in [1.165, 1.54) is 0 Å². The summed E-state index contributed by atoms with van der Waals surface area (Å²) in [4.78, 5) is 25.8. The van der Waals surface area contributed by atoms with Gasteiger partial charge in [-0.15, -0.1) is 0 Å². The molecule has 1 saturated heterocycles. The molecule has 1 N–H and O–H groups in total. The lowest BCUT2D eigenvalue weighted by atomic mass is 10.1. The fraction of sp³-hybridized carbons (Fsp3) is 0.846. The van der Waals surface area contributed by atoms with Gasteiger partial charge in [0.2, 0.25) is 0 Å². The largest absolute Gasteiger partial charge is 0.465 e. The minimum atomic E-state index is -0.414. The molecule has 6 nitrogen and oxygen atoms in total. The van der Waals surface area contributed by atoms with Gasteiger partial charge in [-0.2, -0.15) is 0 Å². The molecule has 1 rings (SSSR count). The summed E-state index contributed by atoms with van der Waals surface area (Å²) >= 11 is 0. The van der Waals surface area contributed by atoms with Crippen LogP contribution in [0, 0.1) is 0 Å². The second kappa shape index (κ2) is 8.12. The zero-order valence-corrected chi connectivity index (χ0v) is 12.0. The monoisotopic (exact) mass is 272 g/mol. The Hall–Kier alpha value is -1.14. The summed E-state index contributed by atoms with van der Waals surface area (Å²) in [7, 11) is 0. The molecular weight excluding hydrogens is 248 g/mol. The Morgan fingerprint density at radius 2 is 1.95 bits per heavy atom. The summed E-state index contributed by atoms with van der Waals surface area (Å²) < 4.78 is 10.2. The van der Waals surface area contributed by atoms with Crippen molar-refractivity contribution in [1.82, 2.24) is 10.2 Å². The Morgan fingerprint density at radius 3 is 2.53 bits per heavy atom. The molecule has 0 saturated carbocycles. The second-order valence-electron chi connectivity index (χ2n) is 4.39. The second-order valence-corrected chi connectivity index (χ2v) is 4.39. The summed E-state index contributed by atoms with van der Waals surface area (Å²) in [6.07, 6.45) is 0.620. The van der Waals surface area contributed by atoms with Gasteiger partial charge >= 0.3 is 11.9 Å². The molecule has 0 aromatic rings. The van der Waals surface area contributed by atoms with E-state index in [0.717, 1.165) is 6.54 Å². The SMILES string of the molecule is CCOC(=O)C(CC)N1CCNCC1C(=O)OCC. The number of hydrogen-bond donors (Lipinski definition) is 1. The van der Waals surface area contributed by atoms with Crippen LogP contribution in [0.15, 0.2) is 0 Å². The van der Waals surface area contributed by atoms with Crippen molar-refractivity contribution in [3.05, 3.63) is 0 Å². The standard InChI is InChI=1S/C13H24N2O4/c1-4-10(12(16)18-5-2)15-8-7-14-9-11(15)13(17)19-6-3/h10-11,14H,4-9H2,1-3H3. The normalized spacial score (nSPS) is 21.7. The first kappa shape index (κ1) is 15.9. The van der Waals surface area contributed by atoms with E-state index in [4.69, 9.17) is 9.47 Å². The van der Waals surface area contributed by atoms with E-state index in [-0.39, 0.29) is 18.0 Å². The predicted molar refractivity (Wildman–Crippen MR) is 70.7 cm³/mol. The van der Waals surface area contributed by atoms with Crippen molar-refractivity contribution in [2.24, 2.45) is 0 Å². The highest BCUT2D eigenvalue weighted by atomic mass is 16.5. The highest BCUT2D eigenvalue weighted by Gasteiger charge is 2.37. The van der Waals surface area contributed by atoms with Gasteiger partial charge in [0.1, 0.15) is 12.1 Å². The summed E-state index contributed by atoms with van der Waals surface area (Å²) in [5.41, 5.74) is 0. The molecule has 2 unspecified atom stereocenters. The van der Waals surface area contributed by atoms with Crippen molar-refractivity contribution in [3.8, 4) is 0 Å². The van der Waals surface area contributed by atoms with E-state index in [9.17, 15) is 9.59 Å². The lowest BCUT2D eigenvalue weighted by Crippen LogP contribution is -2.60. The summed E-state index contributed by atoms with van der Waals surface area (Å²) in [5, 5.41) is 3.16. The van der Waals surface area contributed by atoms with E-state index in [0.29, 0.717) is 32.7 Å². The van der Waals surface area contributed by atoms with Gasteiger partial charge in [-0.1, -0.05) is 6.92 Å². The quantitative estimate of drug-likeness (QED) is 0.695. The van der Waals surface area contributed by atoms with E-state index < -0.39 is 6.04 Å². The van der Waals surface area contributed by atoms with Crippen LogP contribution < -0.4 is 5.32 Å². The predicted octanol–water partition coefficient (Wildman–Crippen LogP) is 0.165. The van der Waals surface area contributed by atoms with Crippen molar-refractivity contribution >= 4 is 11.9 Å². The molecule has 2 atom stereocenters. The van der Waals surface area contributed by atoms with Crippen LogP contribution in [-0.4, -0.2) is 61.8 Å². The molecule has 19 heavy (non-hydrogen) atoms. The van der Waals surface area contributed by atoms with Crippen LogP contribution in [0.1, 0.15) is 27.2 Å². The van der Waals surface area contributed by atoms with Crippen LogP contribution in [0.25, 0.3) is 0 Å². The van der Waals surface area contributed by atoms with Gasteiger partial charge in [-0.25, -0.2) is 0 Å². The Labute approximate surface area is 114 Å². The first-order valence-electron chi connectivity index (χ1n) is 6.95. The molecule has 110 valence electrons. The van der Waals surface area contributed by atoms with Crippen LogP contribution >= 0.6 is 0 Å². The van der Waals surface area contributed by atoms with Crippen LogP contribution in [0.4, 0.5) is 0 Å². The molecule has 6 heteroatoms. The molecule has 0 aromatic heterocycles. The van der Waals surface area contributed by atoms with E-state index >= 15 is 0 Å².